The van der Waals surface area contributed by atoms with Crippen LogP contribution in [0, 0.1) is 5.82 Å². The van der Waals surface area contributed by atoms with Crippen molar-refractivity contribution >= 4 is 0 Å². The molecule has 5 rings (SSSR count). The van der Waals surface area contributed by atoms with Gasteiger partial charge in [-0.3, -0.25) is 0 Å². The van der Waals surface area contributed by atoms with Crippen molar-refractivity contribution in [1.82, 2.24) is 25.1 Å². The number of hydrogen-bond acceptors (Lipinski definition) is 8. The summed E-state index contributed by atoms with van der Waals surface area (Å²) in [6.07, 6.45) is -0.141. The third-order valence-electron chi connectivity index (χ3n) is 4.94. The highest BCUT2D eigenvalue weighted by Crippen LogP contribution is 2.30. The second-order valence-corrected chi connectivity index (χ2v) is 6.89. The summed E-state index contributed by atoms with van der Waals surface area (Å²) in [6.45, 7) is 0.889. The van der Waals surface area contributed by atoms with Gasteiger partial charge in [0, 0.05) is 0 Å². The third kappa shape index (κ3) is 3.97. The maximum atomic E-state index is 13.0. The average molecular weight is 423 g/mol. The molecule has 0 fully saturated rings. The molecule has 0 aliphatic carbocycles. The third-order valence-corrected chi connectivity index (χ3v) is 4.94. The summed E-state index contributed by atoms with van der Waals surface area (Å²) < 4.78 is 36.8. The molecule has 1 aliphatic rings. The quantitative estimate of drug-likeness (QED) is 0.466. The van der Waals surface area contributed by atoms with Crippen molar-refractivity contribution in [2.24, 2.45) is 0 Å². The highest BCUT2D eigenvalue weighted by atomic mass is 19.1. The number of halogens is 1. The molecule has 1 aliphatic heterocycles. The van der Waals surface area contributed by atoms with Gasteiger partial charge in [-0.25, -0.2) is 9.07 Å². The van der Waals surface area contributed by atoms with E-state index >= 15 is 0 Å². The molecule has 0 bridgehead atoms. The zero-order valence-electron chi connectivity index (χ0n) is 16.6. The van der Waals surface area contributed by atoms with Gasteiger partial charge in [-0.2, -0.15) is 4.98 Å². The van der Waals surface area contributed by atoms with E-state index in [0.717, 1.165) is 17.0 Å². The van der Waals surface area contributed by atoms with E-state index in [0.29, 0.717) is 30.4 Å². The van der Waals surface area contributed by atoms with Crippen molar-refractivity contribution in [3.8, 4) is 23.0 Å². The molecule has 0 N–H and O–H groups in total. The van der Waals surface area contributed by atoms with Gasteiger partial charge in [0.05, 0.1) is 26.0 Å². The summed E-state index contributed by atoms with van der Waals surface area (Å²) in [4.78, 5) is 4.33. The Hall–Kier alpha value is -3.79. The summed E-state index contributed by atoms with van der Waals surface area (Å²) in [6, 6.07) is 13.4. The molecule has 2 aromatic heterocycles. The number of benzene rings is 2. The lowest BCUT2D eigenvalue weighted by Gasteiger charge is -2.24. The molecule has 31 heavy (non-hydrogen) atoms. The van der Waals surface area contributed by atoms with Crippen molar-refractivity contribution in [3.05, 3.63) is 71.5 Å². The SMILES string of the molecule is COc1ccc(C2Cn3nnc(-c4noc(COc5ccc(F)cc5)n4)c3CO2)cc1. The Morgan fingerprint density at radius 2 is 1.87 bits per heavy atom. The molecule has 0 saturated carbocycles. The largest absolute Gasteiger partial charge is 0.497 e. The van der Waals surface area contributed by atoms with Gasteiger partial charge in [-0.05, 0) is 42.0 Å². The van der Waals surface area contributed by atoms with Crippen LogP contribution in [0.15, 0.2) is 53.1 Å². The Bertz CT molecular complexity index is 1170. The fourth-order valence-corrected chi connectivity index (χ4v) is 3.29. The van der Waals surface area contributed by atoms with E-state index in [9.17, 15) is 4.39 Å². The Morgan fingerprint density at radius 1 is 1.10 bits per heavy atom. The summed E-state index contributed by atoms with van der Waals surface area (Å²) in [5, 5.41) is 12.4. The van der Waals surface area contributed by atoms with Crippen LogP contribution in [0.3, 0.4) is 0 Å². The first-order chi connectivity index (χ1) is 15.2. The van der Waals surface area contributed by atoms with E-state index in [1.54, 1.807) is 11.8 Å². The molecule has 0 spiro atoms. The number of methoxy groups -OCH3 is 1. The number of ether oxygens (including phenoxy) is 3. The number of hydrogen-bond donors (Lipinski definition) is 0. The van der Waals surface area contributed by atoms with Crippen LogP contribution in [0.1, 0.15) is 23.3 Å². The van der Waals surface area contributed by atoms with Crippen molar-refractivity contribution in [2.75, 3.05) is 7.11 Å². The molecule has 0 amide bonds. The predicted molar refractivity (Wildman–Crippen MR) is 105 cm³/mol. The Kier molecular flexibility index (Phi) is 5.04. The highest BCUT2D eigenvalue weighted by molar-refractivity contribution is 5.51. The van der Waals surface area contributed by atoms with Gasteiger partial charge in [0.2, 0.25) is 5.82 Å². The normalized spacial score (nSPS) is 15.5. The van der Waals surface area contributed by atoms with E-state index in [-0.39, 0.29) is 24.4 Å². The molecule has 0 saturated heterocycles. The molecule has 1 atom stereocenters. The van der Waals surface area contributed by atoms with Crippen LogP contribution in [0.2, 0.25) is 0 Å². The van der Waals surface area contributed by atoms with Gasteiger partial charge in [0.15, 0.2) is 12.3 Å². The molecular weight excluding hydrogens is 405 g/mol. The summed E-state index contributed by atoms with van der Waals surface area (Å²) in [5.41, 5.74) is 2.31. The second-order valence-electron chi connectivity index (χ2n) is 6.89. The maximum absolute atomic E-state index is 13.0. The molecule has 2 aromatic carbocycles. The van der Waals surface area contributed by atoms with Gasteiger partial charge in [0.1, 0.15) is 23.4 Å². The number of rotatable bonds is 6. The molecule has 0 radical (unpaired) electrons. The first kappa shape index (κ1) is 19.2. The minimum absolute atomic E-state index is 0.0537. The molecule has 4 aromatic rings. The van der Waals surface area contributed by atoms with Gasteiger partial charge in [0.25, 0.3) is 5.89 Å². The molecule has 1 unspecified atom stereocenters. The van der Waals surface area contributed by atoms with Gasteiger partial charge < -0.3 is 18.7 Å². The Morgan fingerprint density at radius 3 is 2.65 bits per heavy atom. The lowest BCUT2D eigenvalue weighted by atomic mass is 10.1. The first-order valence-corrected chi connectivity index (χ1v) is 9.59. The van der Waals surface area contributed by atoms with E-state index in [1.165, 1.54) is 24.3 Å². The van der Waals surface area contributed by atoms with Crippen LogP contribution in [-0.4, -0.2) is 32.2 Å². The standard InChI is InChI=1S/C21H18FN5O4/c1-28-15-6-2-13(3-7-15)18-10-27-17(11-30-18)20(24-26-27)21-23-19(31-25-21)12-29-16-8-4-14(22)5-9-16/h2-9,18H,10-12H2,1H3. The zero-order chi connectivity index (χ0) is 21.2. The van der Waals surface area contributed by atoms with E-state index in [1.807, 2.05) is 24.3 Å². The van der Waals surface area contributed by atoms with Crippen LogP contribution in [0.4, 0.5) is 4.39 Å². The average Bonchev–Trinajstić information content (AvgIpc) is 3.45. The van der Waals surface area contributed by atoms with Crippen LogP contribution in [0.5, 0.6) is 11.5 Å². The summed E-state index contributed by atoms with van der Waals surface area (Å²) >= 11 is 0. The van der Waals surface area contributed by atoms with Crippen molar-refractivity contribution in [1.29, 1.82) is 0 Å². The predicted octanol–water partition coefficient (Wildman–Crippen LogP) is 3.33. The number of nitrogens with zero attached hydrogens (tertiary/aromatic N) is 5. The molecule has 158 valence electrons. The van der Waals surface area contributed by atoms with Crippen molar-refractivity contribution in [2.45, 2.75) is 25.9 Å². The summed E-state index contributed by atoms with van der Waals surface area (Å²) in [7, 11) is 1.63. The lowest BCUT2D eigenvalue weighted by molar-refractivity contribution is -0.00114. The van der Waals surface area contributed by atoms with Gasteiger partial charge >= 0.3 is 0 Å². The minimum Gasteiger partial charge on any atom is -0.497 e. The first-order valence-electron chi connectivity index (χ1n) is 9.59. The number of fused-ring (bicyclic) bond motifs is 1. The van der Waals surface area contributed by atoms with Crippen LogP contribution < -0.4 is 9.47 Å². The monoisotopic (exact) mass is 423 g/mol. The van der Waals surface area contributed by atoms with Crippen molar-refractivity contribution in [3.63, 3.8) is 0 Å². The fourth-order valence-electron chi connectivity index (χ4n) is 3.29. The van der Waals surface area contributed by atoms with Gasteiger partial charge in [-0.1, -0.05) is 22.5 Å². The Balaban J connectivity index is 1.27. The fraction of sp³-hybridized carbons (Fsp3) is 0.238. The number of aromatic nitrogens is 5. The van der Waals surface area contributed by atoms with Crippen LogP contribution in [-0.2, 0) is 24.5 Å². The van der Waals surface area contributed by atoms with Crippen LogP contribution >= 0.6 is 0 Å². The van der Waals surface area contributed by atoms with E-state index in [4.69, 9.17) is 18.7 Å². The topological polar surface area (TPSA) is 97.3 Å². The molecule has 3 heterocycles. The molecular formula is C21H18FN5O4. The lowest BCUT2D eigenvalue weighted by Crippen LogP contribution is -2.22. The minimum atomic E-state index is -0.332. The smallest absolute Gasteiger partial charge is 0.264 e. The van der Waals surface area contributed by atoms with E-state index < -0.39 is 0 Å². The van der Waals surface area contributed by atoms with Gasteiger partial charge in [-0.15, -0.1) is 5.10 Å². The Labute approximate surface area is 176 Å². The molecule has 10 heteroatoms. The zero-order valence-corrected chi connectivity index (χ0v) is 16.6. The highest BCUT2D eigenvalue weighted by Gasteiger charge is 2.27. The van der Waals surface area contributed by atoms with E-state index in [2.05, 4.69) is 20.5 Å². The van der Waals surface area contributed by atoms with Crippen molar-refractivity contribution < 1.29 is 23.1 Å². The van der Waals surface area contributed by atoms with Crippen LogP contribution in [0.25, 0.3) is 11.5 Å². The second kappa shape index (κ2) is 8.15. The summed E-state index contributed by atoms with van der Waals surface area (Å²) in [5.74, 6) is 1.54. The molecule has 9 nitrogen and oxygen atoms in total. The maximum Gasteiger partial charge on any atom is 0.264 e.